The van der Waals surface area contributed by atoms with E-state index in [2.05, 4.69) is 4.98 Å². The fourth-order valence-corrected chi connectivity index (χ4v) is 2.53. The summed E-state index contributed by atoms with van der Waals surface area (Å²) in [6.45, 7) is 0. The number of hydrogen-bond acceptors (Lipinski definition) is 2. The van der Waals surface area contributed by atoms with Gasteiger partial charge in [-0.3, -0.25) is 9.36 Å². The van der Waals surface area contributed by atoms with Crippen molar-refractivity contribution in [2.24, 2.45) is 0 Å². The molecule has 0 N–H and O–H groups in total. The summed E-state index contributed by atoms with van der Waals surface area (Å²) in [5.41, 5.74) is -2.25. The lowest BCUT2D eigenvalue weighted by atomic mass is 10.0. The Labute approximate surface area is 148 Å². The SMILES string of the molecule is O=Cc1ccc(-n2cncc2-c2cc(C(F)(F)F)cc(C(F)(F)F)c2)cc1. The van der Waals surface area contributed by atoms with Crippen molar-refractivity contribution in [2.75, 3.05) is 0 Å². The molecule has 0 aliphatic heterocycles. The third-order valence-corrected chi connectivity index (χ3v) is 3.83. The maximum Gasteiger partial charge on any atom is 0.416 e. The first kappa shape index (κ1) is 18.7. The molecule has 0 bridgehead atoms. The summed E-state index contributed by atoms with van der Waals surface area (Å²) in [4.78, 5) is 14.6. The quantitative estimate of drug-likeness (QED) is 0.448. The van der Waals surface area contributed by atoms with Crippen molar-refractivity contribution in [1.82, 2.24) is 9.55 Å². The molecule has 0 unspecified atom stereocenters. The molecule has 0 spiro atoms. The van der Waals surface area contributed by atoms with Crippen LogP contribution in [0.5, 0.6) is 0 Å². The minimum atomic E-state index is -4.94. The number of benzene rings is 2. The van der Waals surface area contributed by atoms with Gasteiger partial charge in [0, 0.05) is 16.8 Å². The molecule has 0 aliphatic carbocycles. The average molecular weight is 384 g/mol. The zero-order chi connectivity index (χ0) is 19.8. The van der Waals surface area contributed by atoms with Crippen LogP contribution in [0.15, 0.2) is 55.0 Å². The topological polar surface area (TPSA) is 34.9 Å². The van der Waals surface area contributed by atoms with Gasteiger partial charge in [0.1, 0.15) is 6.29 Å². The lowest BCUT2D eigenvalue weighted by Crippen LogP contribution is -2.11. The van der Waals surface area contributed by atoms with Gasteiger partial charge in [-0.25, -0.2) is 4.98 Å². The predicted molar refractivity (Wildman–Crippen MR) is 84.4 cm³/mol. The molecule has 0 aliphatic rings. The second-order valence-electron chi connectivity index (χ2n) is 5.65. The van der Waals surface area contributed by atoms with E-state index in [1.165, 1.54) is 41.4 Å². The number of imidazole rings is 1. The van der Waals surface area contributed by atoms with E-state index in [-0.39, 0.29) is 17.3 Å². The molecule has 0 atom stereocenters. The van der Waals surface area contributed by atoms with Gasteiger partial charge in [-0.1, -0.05) is 0 Å². The lowest BCUT2D eigenvalue weighted by molar-refractivity contribution is -0.143. The Morgan fingerprint density at radius 2 is 1.41 bits per heavy atom. The Hall–Kier alpha value is -3.10. The summed E-state index contributed by atoms with van der Waals surface area (Å²) in [6, 6.07) is 7.31. The fraction of sp³-hybridized carbons (Fsp3) is 0.111. The number of aromatic nitrogens is 2. The van der Waals surface area contributed by atoms with Gasteiger partial charge >= 0.3 is 12.4 Å². The van der Waals surface area contributed by atoms with E-state index in [1.54, 1.807) is 0 Å². The first-order chi connectivity index (χ1) is 12.6. The molecule has 0 saturated heterocycles. The highest BCUT2D eigenvalue weighted by atomic mass is 19.4. The Morgan fingerprint density at radius 3 is 1.89 bits per heavy atom. The Balaban J connectivity index is 2.17. The van der Waals surface area contributed by atoms with Crippen LogP contribution in [0.4, 0.5) is 26.3 Å². The minimum absolute atomic E-state index is 0.0467. The summed E-state index contributed by atoms with van der Waals surface area (Å²) in [5.74, 6) is 0. The minimum Gasteiger partial charge on any atom is -0.299 e. The van der Waals surface area contributed by atoms with E-state index >= 15 is 0 Å². The van der Waals surface area contributed by atoms with Crippen LogP contribution in [0.3, 0.4) is 0 Å². The molecule has 9 heteroatoms. The second kappa shape index (κ2) is 6.57. The molecule has 3 nitrogen and oxygen atoms in total. The first-order valence-electron chi connectivity index (χ1n) is 7.47. The van der Waals surface area contributed by atoms with Gasteiger partial charge in [0.25, 0.3) is 0 Å². The van der Waals surface area contributed by atoms with Crippen molar-refractivity contribution in [1.29, 1.82) is 0 Å². The molecule has 1 aromatic heterocycles. The van der Waals surface area contributed by atoms with Gasteiger partial charge in [-0.15, -0.1) is 0 Å². The molecule has 0 radical (unpaired) electrons. The van der Waals surface area contributed by atoms with Crippen LogP contribution >= 0.6 is 0 Å². The van der Waals surface area contributed by atoms with Gasteiger partial charge in [-0.2, -0.15) is 26.3 Å². The van der Waals surface area contributed by atoms with Gasteiger partial charge in [-0.05, 0) is 42.5 Å². The largest absolute Gasteiger partial charge is 0.416 e. The van der Waals surface area contributed by atoms with Crippen molar-refractivity contribution < 1.29 is 31.1 Å². The standard InChI is InChI=1S/C18H10F6N2O/c19-17(20,21)13-5-12(6-14(7-13)18(22,23)24)16-8-25-10-26(16)15-3-1-11(9-27)2-4-15/h1-10H. The van der Waals surface area contributed by atoms with Gasteiger partial charge in [0.05, 0.1) is 29.3 Å². The fourth-order valence-electron chi connectivity index (χ4n) is 2.53. The molecular formula is C18H10F6N2O. The van der Waals surface area contributed by atoms with Crippen LogP contribution in [-0.2, 0) is 12.4 Å². The van der Waals surface area contributed by atoms with Crippen molar-refractivity contribution in [3.8, 4) is 16.9 Å². The summed E-state index contributed by atoms with van der Waals surface area (Å²) in [5, 5.41) is 0. The van der Waals surface area contributed by atoms with E-state index in [1.807, 2.05) is 0 Å². The summed E-state index contributed by atoms with van der Waals surface area (Å²) in [6.07, 6.45) is -6.83. The number of aldehydes is 1. The Bertz CT molecular complexity index is 939. The van der Waals surface area contributed by atoms with Crippen molar-refractivity contribution >= 4 is 6.29 Å². The number of carbonyl (C=O) groups excluding carboxylic acids is 1. The second-order valence-corrected chi connectivity index (χ2v) is 5.65. The smallest absolute Gasteiger partial charge is 0.299 e. The maximum atomic E-state index is 13.1. The normalized spacial score (nSPS) is 12.2. The first-order valence-corrected chi connectivity index (χ1v) is 7.47. The maximum absolute atomic E-state index is 13.1. The van der Waals surface area contributed by atoms with E-state index in [0.717, 1.165) is 0 Å². The third kappa shape index (κ3) is 3.86. The molecule has 140 valence electrons. The molecule has 0 amide bonds. The Kier molecular flexibility index (Phi) is 4.54. The number of hydrogen-bond donors (Lipinski definition) is 0. The van der Waals surface area contributed by atoms with E-state index in [0.29, 0.717) is 29.7 Å². The Morgan fingerprint density at radius 1 is 0.852 bits per heavy atom. The zero-order valence-corrected chi connectivity index (χ0v) is 13.3. The van der Waals surface area contributed by atoms with Crippen molar-refractivity contribution in [3.63, 3.8) is 0 Å². The monoisotopic (exact) mass is 384 g/mol. The highest BCUT2D eigenvalue weighted by Gasteiger charge is 2.37. The van der Waals surface area contributed by atoms with Crippen LogP contribution in [0.25, 0.3) is 16.9 Å². The van der Waals surface area contributed by atoms with Gasteiger partial charge in [0.15, 0.2) is 0 Å². The number of carbonyl (C=O) groups is 1. The number of halogens is 6. The zero-order valence-electron chi connectivity index (χ0n) is 13.3. The van der Waals surface area contributed by atoms with Crippen LogP contribution in [-0.4, -0.2) is 15.8 Å². The van der Waals surface area contributed by atoms with E-state index in [9.17, 15) is 31.1 Å². The molecular weight excluding hydrogens is 374 g/mol. The predicted octanol–water partition coefficient (Wildman–Crippen LogP) is 5.39. The molecule has 3 rings (SSSR count). The summed E-state index contributed by atoms with van der Waals surface area (Å²) >= 11 is 0. The number of alkyl halides is 6. The van der Waals surface area contributed by atoms with Crippen molar-refractivity contribution in [3.05, 3.63) is 71.7 Å². The van der Waals surface area contributed by atoms with Crippen LogP contribution in [0.2, 0.25) is 0 Å². The van der Waals surface area contributed by atoms with E-state index in [4.69, 9.17) is 0 Å². The highest BCUT2D eigenvalue weighted by Crippen LogP contribution is 2.38. The van der Waals surface area contributed by atoms with Crippen molar-refractivity contribution in [2.45, 2.75) is 12.4 Å². The van der Waals surface area contributed by atoms with Crippen LogP contribution < -0.4 is 0 Å². The van der Waals surface area contributed by atoms with Crippen LogP contribution in [0.1, 0.15) is 21.5 Å². The van der Waals surface area contributed by atoms with Gasteiger partial charge < -0.3 is 0 Å². The molecule has 0 fully saturated rings. The summed E-state index contributed by atoms with van der Waals surface area (Å²) < 4.78 is 79.7. The number of nitrogens with zero attached hydrogens (tertiary/aromatic N) is 2. The number of rotatable bonds is 3. The molecule has 2 aromatic carbocycles. The molecule has 1 heterocycles. The van der Waals surface area contributed by atoms with Gasteiger partial charge in [0.2, 0.25) is 0 Å². The third-order valence-electron chi connectivity index (χ3n) is 3.83. The summed E-state index contributed by atoms with van der Waals surface area (Å²) in [7, 11) is 0. The van der Waals surface area contributed by atoms with Crippen LogP contribution in [0, 0.1) is 0 Å². The molecule has 27 heavy (non-hydrogen) atoms. The lowest BCUT2D eigenvalue weighted by Gasteiger charge is -2.15. The average Bonchev–Trinajstić information content (AvgIpc) is 3.09. The molecule has 3 aromatic rings. The highest BCUT2D eigenvalue weighted by molar-refractivity contribution is 5.75. The molecule has 0 saturated carbocycles. The van der Waals surface area contributed by atoms with E-state index < -0.39 is 23.5 Å².